The lowest BCUT2D eigenvalue weighted by Crippen LogP contribution is -2.28. The highest BCUT2D eigenvalue weighted by Gasteiger charge is 2.46. The molecule has 0 amide bonds. The first-order chi connectivity index (χ1) is 31.7. The van der Waals surface area contributed by atoms with E-state index in [4.69, 9.17) is 0 Å². The van der Waals surface area contributed by atoms with Crippen molar-refractivity contribution in [1.82, 2.24) is 0 Å². The van der Waals surface area contributed by atoms with Gasteiger partial charge in [0.1, 0.15) is 0 Å². The Morgan fingerprint density at radius 1 is 0.297 bits per heavy atom. The summed E-state index contributed by atoms with van der Waals surface area (Å²) in [5.41, 5.74) is 15.4. The normalized spacial score (nSPS) is 12.8. The first-order valence-electron chi connectivity index (χ1n) is 21.9. The predicted molar refractivity (Wildman–Crippen MR) is 275 cm³/mol. The summed E-state index contributed by atoms with van der Waals surface area (Å²) in [7, 11) is 0. The van der Waals surface area contributed by atoms with E-state index < -0.39 is 5.41 Å². The van der Waals surface area contributed by atoms with Crippen molar-refractivity contribution >= 4 is 80.1 Å². The highest BCUT2D eigenvalue weighted by Crippen LogP contribution is 2.57. The molecule has 10 aromatic carbocycles. The Labute approximate surface area is 380 Å². The molecular weight excluding hydrogens is 811 g/mol. The van der Waals surface area contributed by atoms with Gasteiger partial charge < -0.3 is 4.90 Å². The monoisotopic (exact) mass is 849 g/mol. The number of fused-ring (bicyclic) bond motifs is 9. The van der Waals surface area contributed by atoms with Gasteiger partial charge in [-0.3, -0.25) is 0 Å². The third-order valence-electron chi connectivity index (χ3n) is 13.3. The molecule has 1 aliphatic carbocycles. The SMILES string of the molecule is c1ccc(C2(c3ccccc3)c3ccccc3-c3cc(N(c4cccc(-c5cccc6c5sc5ccccc56)c4)c4cccc(-c5cccc6c5sc5ccccc56)c4)ccc32)cc1. The van der Waals surface area contributed by atoms with E-state index in [1.165, 1.54) is 96.0 Å². The van der Waals surface area contributed by atoms with Gasteiger partial charge in [0.2, 0.25) is 0 Å². The Morgan fingerprint density at radius 2 is 0.734 bits per heavy atom. The van der Waals surface area contributed by atoms with Crippen LogP contribution in [0.2, 0.25) is 0 Å². The second kappa shape index (κ2) is 14.8. The number of hydrogen-bond donors (Lipinski definition) is 0. The average molecular weight is 850 g/mol. The van der Waals surface area contributed by atoms with E-state index in [1.807, 2.05) is 22.7 Å². The summed E-state index contributed by atoms with van der Waals surface area (Å²) in [6, 6.07) is 87.8. The topological polar surface area (TPSA) is 3.24 Å². The average Bonchev–Trinajstić information content (AvgIpc) is 4.03. The van der Waals surface area contributed by atoms with E-state index in [2.05, 4.69) is 241 Å². The lowest BCUT2D eigenvalue weighted by Gasteiger charge is -2.34. The number of benzene rings is 10. The van der Waals surface area contributed by atoms with Gasteiger partial charge in [-0.05, 0) is 104 Å². The summed E-state index contributed by atoms with van der Waals surface area (Å²) < 4.78 is 5.26. The van der Waals surface area contributed by atoms with Crippen molar-refractivity contribution in [3.05, 3.63) is 259 Å². The van der Waals surface area contributed by atoms with Crippen molar-refractivity contribution in [2.45, 2.75) is 5.41 Å². The van der Waals surface area contributed by atoms with Crippen molar-refractivity contribution in [2.24, 2.45) is 0 Å². The Balaban J connectivity index is 1.04. The van der Waals surface area contributed by atoms with Gasteiger partial charge in [0.25, 0.3) is 0 Å². The molecule has 2 aromatic heterocycles. The van der Waals surface area contributed by atoms with Gasteiger partial charge in [-0.15, -0.1) is 22.7 Å². The standard InChI is InChI=1S/C61H39NS2/c1-3-19-42(20-4-1)61(43-21-5-2-6-22-43)55-32-10-7-25-49(55)54-39-46(35-36-56(54)61)62(44-23-13-17-40(37-44)47-28-15-30-52-50-26-8-11-33-57(50)63-59(47)52)45-24-14-18-41(38-45)48-29-16-31-53-51-27-9-12-34-58(51)64-60(48)53/h1-39H. The van der Waals surface area contributed by atoms with Crippen LogP contribution in [0.25, 0.3) is 73.7 Å². The molecule has 12 aromatic rings. The van der Waals surface area contributed by atoms with Crippen LogP contribution in [0.5, 0.6) is 0 Å². The maximum absolute atomic E-state index is 2.47. The maximum Gasteiger partial charge on any atom is 0.0713 e. The van der Waals surface area contributed by atoms with Crippen molar-refractivity contribution < 1.29 is 0 Å². The van der Waals surface area contributed by atoms with Crippen LogP contribution in [-0.2, 0) is 5.41 Å². The first-order valence-corrected chi connectivity index (χ1v) is 23.5. The molecule has 0 fully saturated rings. The number of anilines is 3. The van der Waals surface area contributed by atoms with Crippen LogP contribution in [0, 0.1) is 0 Å². The van der Waals surface area contributed by atoms with E-state index in [1.54, 1.807) is 0 Å². The summed E-state index contributed by atoms with van der Waals surface area (Å²) in [5, 5.41) is 5.24. The fraction of sp³-hybridized carbons (Fsp3) is 0.0164. The van der Waals surface area contributed by atoms with Crippen LogP contribution in [-0.4, -0.2) is 0 Å². The zero-order chi connectivity index (χ0) is 42.2. The van der Waals surface area contributed by atoms with Crippen LogP contribution in [0.4, 0.5) is 17.1 Å². The first kappa shape index (κ1) is 37.0. The Hall–Kier alpha value is -7.56. The molecule has 0 radical (unpaired) electrons. The number of thiophene rings is 2. The zero-order valence-electron chi connectivity index (χ0n) is 34.8. The van der Waals surface area contributed by atoms with Gasteiger partial charge in [0, 0.05) is 57.4 Å². The summed E-state index contributed by atoms with van der Waals surface area (Å²) in [6.07, 6.45) is 0. The van der Waals surface area contributed by atoms with E-state index in [0.717, 1.165) is 17.1 Å². The molecule has 0 aliphatic heterocycles. The molecular formula is C61H39NS2. The summed E-state index contributed by atoms with van der Waals surface area (Å²) in [6.45, 7) is 0. The van der Waals surface area contributed by atoms with Gasteiger partial charge in [-0.2, -0.15) is 0 Å². The molecule has 2 heterocycles. The van der Waals surface area contributed by atoms with E-state index in [9.17, 15) is 0 Å². The van der Waals surface area contributed by atoms with Crippen molar-refractivity contribution in [2.75, 3.05) is 4.90 Å². The molecule has 0 spiro atoms. The van der Waals surface area contributed by atoms with Crippen LogP contribution in [0.15, 0.2) is 237 Å². The van der Waals surface area contributed by atoms with E-state index in [0.29, 0.717) is 0 Å². The Morgan fingerprint density at radius 3 is 1.31 bits per heavy atom. The summed E-state index contributed by atoms with van der Waals surface area (Å²) >= 11 is 3.76. The number of hydrogen-bond acceptors (Lipinski definition) is 3. The van der Waals surface area contributed by atoms with Crippen LogP contribution < -0.4 is 4.90 Å². The van der Waals surface area contributed by atoms with Crippen LogP contribution in [0.3, 0.4) is 0 Å². The molecule has 1 aliphatic rings. The Bertz CT molecular complexity index is 3550. The van der Waals surface area contributed by atoms with E-state index >= 15 is 0 Å². The second-order valence-corrected chi connectivity index (χ2v) is 18.9. The largest absolute Gasteiger partial charge is 0.310 e. The molecule has 13 rings (SSSR count). The zero-order valence-corrected chi connectivity index (χ0v) is 36.4. The van der Waals surface area contributed by atoms with Gasteiger partial charge in [-0.1, -0.05) is 188 Å². The maximum atomic E-state index is 2.47. The molecule has 300 valence electrons. The van der Waals surface area contributed by atoms with Crippen molar-refractivity contribution in [3.8, 4) is 33.4 Å². The second-order valence-electron chi connectivity index (χ2n) is 16.8. The minimum absolute atomic E-state index is 0.469. The lowest BCUT2D eigenvalue weighted by molar-refractivity contribution is 0.768. The predicted octanol–water partition coefficient (Wildman–Crippen LogP) is 17.6. The van der Waals surface area contributed by atoms with Crippen molar-refractivity contribution in [3.63, 3.8) is 0 Å². The number of nitrogens with zero attached hydrogens (tertiary/aromatic N) is 1. The van der Waals surface area contributed by atoms with Gasteiger partial charge in [0.15, 0.2) is 0 Å². The van der Waals surface area contributed by atoms with Crippen LogP contribution >= 0.6 is 22.7 Å². The molecule has 0 unspecified atom stereocenters. The van der Waals surface area contributed by atoms with Crippen LogP contribution in [0.1, 0.15) is 22.3 Å². The van der Waals surface area contributed by atoms with Gasteiger partial charge in [-0.25, -0.2) is 0 Å². The Kier molecular flexibility index (Phi) is 8.55. The van der Waals surface area contributed by atoms with Gasteiger partial charge >= 0.3 is 0 Å². The molecule has 3 heteroatoms. The molecule has 0 saturated carbocycles. The molecule has 0 saturated heterocycles. The minimum Gasteiger partial charge on any atom is -0.310 e. The van der Waals surface area contributed by atoms with E-state index in [-0.39, 0.29) is 0 Å². The molecule has 0 N–H and O–H groups in total. The molecule has 1 nitrogen and oxygen atoms in total. The summed E-state index contributed by atoms with van der Waals surface area (Å²) in [5.74, 6) is 0. The smallest absolute Gasteiger partial charge is 0.0713 e. The van der Waals surface area contributed by atoms with Gasteiger partial charge in [0.05, 0.1) is 5.41 Å². The fourth-order valence-electron chi connectivity index (χ4n) is 10.6. The fourth-order valence-corrected chi connectivity index (χ4v) is 13.1. The highest BCUT2D eigenvalue weighted by molar-refractivity contribution is 7.26. The quantitative estimate of drug-likeness (QED) is 0.154. The third kappa shape index (κ3) is 5.61. The highest BCUT2D eigenvalue weighted by atomic mass is 32.1. The third-order valence-corrected chi connectivity index (χ3v) is 15.8. The molecule has 0 bridgehead atoms. The lowest BCUT2D eigenvalue weighted by atomic mass is 9.68. The summed E-state index contributed by atoms with van der Waals surface area (Å²) in [4.78, 5) is 2.47. The molecule has 64 heavy (non-hydrogen) atoms. The minimum atomic E-state index is -0.469. The number of rotatable bonds is 7. The molecule has 0 atom stereocenters. The van der Waals surface area contributed by atoms with Crippen molar-refractivity contribution in [1.29, 1.82) is 0 Å².